The summed E-state index contributed by atoms with van der Waals surface area (Å²) in [5, 5.41) is 6.94. The molecular formula is C13H15N3OS. The fraction of sp³-hybridized carbons (Fsp3) is 0.154. The summed E-state index contributed by atoms with van der Waals surface area (Å²) in [5.41, 5.74) is 14.0. The van der Waals surface area contributed by atoms with Crippen LogP contribution >= 0.6 is 11.3 Å². The third-order valence-corrected chi connectivity index (χ3v) is 3.33. The Morgan fingerprint density at radius 2 is 2.11 bits per heavy atom. The van der Waals surface area contributed by atoms with Crippen LogP contribution < -0.4 is 16.8 Å². The lowest BCUT2D eigenvalue weighted by atomic mass is 10.1. The minimum Gasteiger partial charge on any atom is -0.399 e. The summed E-state index contributed by atoms with van der Waals surface area (Å²) in [6.07, 6.45) is 0.824. The number of nitrogen functional groups attached to an aromatic ring is 2. The molecule has 4 nitrogen and oxygen atoms in total. The van der Waals surface area contributed by atoms with E-state index in [0.717, 1.165) is 6.42 Å². The lowest BCUT2D eigenvalue weighted by Crippen LogP contribution is -2.26. The van der Waals surface area contributed by atoms with Crippen LogP contribution in [0.5, 0.6) is 0 Å². The molecule has 0 fully saturated rings. The van der Waals surface area contributed by atoms with Gasteiger partial charge in [-0.3, -0.25) is 4.79 Å². The van der Waals surface area contributed by atoms with Crippen molar-refractivity contribution in [3.05, 3.63) is 46.2 Å². The Bertz CT molecular complexity index is 537. The molecule has 0 atom stereocenters. The van der Waals surface area contributed by atoms with Gasteiger partial charge in [0.05, 0.1) is 5.56 Å². The first-order chi connectivity index (χ1) is 8.66. The molecule has 0 radical (unpaired) electrons. The Morgan fingerprint density at radius 1 is 1.28 bits per heavy atom. The smallest absolute Gasteiger partial charge is 0.253 e. The molecule has 2 rings (SSSR count). The fourth-order valence-corrected chi connectivity index (χ4v) is 2.34. The second kappa shape index (κ2) is 5.55. The number of carbonyl (C=O) groups excluding carboxylic acids is 1. The molecule has 0 spiro atoms. The molecule has 1 aromatic heterocycles. The van der Waals surface area contributed by atoms with Gasteiger partial charge in [-0.15, -0.1) is 0 Å². The van der Waals surface area contributed by atoms with Gasteiger partial charge < -0.3 is 16.8 Å². The van der Waals surface area contributed by atoms with E-state index in [1.165, 1.54) is 5.56 Å². The third kappa shape index (κ3) is 3.01. The van der Waals surface area contributed by atoms with E-state index >= 15 is 0 Å². The summed E-state index contributed by atoms with van der Waals surface area (Å²) in [5.74, 6) is -0.164. The Labute approximate surface area is 110 Å². The molecule has 2 aromatic rings. The highest BCUT2D eigenvalue weighted by Gasteiger charge is 2.08. The first-order valence-electron chi connectivity index (χ1n) is 5.61. The molecule has 1 amide bonds. The lowest BCUT2D eigenvalue weighted by Gasteiger charge is -2.07. The minimum absolute atomic E-state index is 0.164. The number of hydrogen-bond acceptors (Lipinski definition) is 4. The van der Waals surface area contributed by atoms with Gasteiger partial charge in [0.25, 0.3) is 5.91 Å². The lowest BCUT2D eigenvalue weighted by molar-refractivity contribution is 0.0955. The van der Waals surface area contributed by atoms with Crippen molar-refractivity contribution in [2.45, 2.75) is 6.42 Å². The molecule has 0 unspecified atom stereocenters. The van der Waals surface area contributed by atoms with E-state index < -0.39 is 0 Å². The van der Waals surface area contributed by atoms with Crippen LogP contribution in [0.15, 0.2) is 35.0 Å². The van der Waals surface area contributed by atoms with Crippen LogP contribution in [0.2, 0.25) is 0 Å². The number of nitrogens with one attached hydrogen (secondary N) is 1. The summed E-state index contributed by atoms with van der Waals surface area (Å²) in [6.45, 7) is 0.597. The first kappa shape index (κ1) is 12.4. The van der Waals surface area contributed by atoms with Crippen LogP contribution in [-0.4, -0.2) is 12.5 Å². The SMILES string of the molecule is Nc1ccc(C(=O)NCCc2ccsc2)c(N)c1. The summed E-state index contributed by atoms with van der Waals surface area (Å²) in [7, 11) is 0. The number of carbonyl (C=O) groups is 1. The van der Waals surface area contributed by atoms with Crippen LogP contribution in [0.3, 0.4) is 0 Å². The zero-order valence-electron chi connectivity index (χ0n) is 9.85. The molecule has 94 valence electrons. The highest BCUT2D eigenvalue weighted by atomic mass is 32.1. The molecule has 0 aliphatic carbocycles. The Hall–Kier alpha value is -2.01. The summed E-state index contributed by atoms with van der Waals surface area (Å²) < 4.78 is 0. The highest BCUT2D eigenvalue weighted by Crippen LogP contribution is 2.15. The molecule has 5 heteroatoms. The van der Waals surface area contributed by atoms with Gasteiger partial charge in [0, 0.05) is 17.9 Å². The van der Waals surface area contributed by atoms with Crippen molar-refractivity contribution in [2.75, 3.05) is 18.0 Å². The predicted octanol–water partition coefficient (Wildman–Crippen LogP) is 1.89. The molecule has 0 bridgehead atoms. The van der Waals surface area contributed by atoms with E-state index in [2.05, 4.69) is 10.7 Å². The largest absolute Gasteiger partial charge is 0.399 e. The van der Waals surface area contributed by atoms with Crippen LogP contribution in [-0.2, 0) is 6.42 Å². The van der Waals surface area contributed by atoms with Crippen LogP contribution in [0.4, 0.5) is 11.4 Å². The van der Waals surface area contributed by atoms with E-state index in [-0.39, 0.29) is 5.91 Å². The fourth-order valence-electron chi connectivity index (χ4n) is 1.64. The molecule has 0 saturated carbocycles. The molecule has 0 aliphatic heterocycles. The van der Waals surface area contributed by atoms with Gasteiger partial charge in [-0.2, -0.15) is 11.3 Å². The molecule has 1 aromatic carbocycles. The normalized spacial score (nSPS) is 10.2. The van der Waals surface area contributed by atoms with Crippen LogP contribution in [0, 0.1) is 0 Å². The van der Waals surface area contributed by atoms with Crippen LogP contribution in [0.25, 0.3) is 0 Å². The number of hydrogen-bond donors (Lipinski definition) is 3. The summed E-state index contributed by atoms with van der Waals surface area (Å²) in [6, 6.07) is 6.96. The maximum atomic E-state index is 11.9. The number of rotatable bonds is 4. The van der Waals surface area contributed by atoms with Gasteiger partial charge in [0.2, 0.25) is 0 Å². The maximum absolute atomic E-state index is 11.9. The Kier molecular flexibility index (Phi) is 3.84. The van der Waals surface area contributed by atoms with Gasteiger partial charge in [0.1, 0.15) is 0 Å². The number of nitrogens with two attached hydrogens (primary N) is 2. The monoisotopic (exact) mass is 261 g/mol. The van der Waals surface area contributed by atoms with Gasteiger partial charge in [-0.05, 0) is 47.0 Å². The summed E-state index contributed by atoms with van der Waals surface area (Å²) in [4.78, 5) is 11.9. The zero-order valence-corrected chi connectivity index (χ0v) is 10.7. The third-order valence-electron chi connectivity index (χ3n) is 2.60. The van der Waals surface area contributed by atoms with Crippen molar-refractivity contribution in [1.29, 1.82) is 0 Å². The van der Waals surface area contributed by atoms with Crippen LogP contribution in [0.1, 0.15) is 15.9 Å². The van der Waals surface area contributed by atoms with Crippen molar-refractivity contribution in [2.24, 2.45) is 0 Å². The predicted molar refractivity (Wildman–Crippen MR) is 75.6 cm³/mol. The molecular weight excluding hydrogens is 246 g/mol. The quantitative estimate of drug-likeness (QED) is 0.735. The molecule has 5 N–H and O–H groups in total. The molecule has 0 aliphatic rings. The van der Waals surface area contributed by atoms with Gasteiger partial charge in [-0.25, -0.2) is 0 Å². The van der Waals surface area contributed by atoms with Crippen molar-refractivity contribution in [3.8, 4) is 0 Å². The number of anilines is 2. The van der Waals surface area contributed by atoms with Gasteiger partial charge >= 0.3 is 0 Å². The van der Waals surface area contributed by atoms with E-state index in [9.17, 15) is 4.79 Å². The molecule has 18 heavy (non-hydrogen) atoms. The number of thiophene rings is 1. The Balaban J connectivity index is 1.91. The average molecular weight is 261 g/mol. The standard InChI is InChI=1S/C13H15N3OS/c14-10-1-2-11(12(15)7-10)13(17)16-5-3-9-4-6-18-8-9/h1-2,4,6-8H,3,5,14-15H2,(H,16,17). The Morgan fingerprint density at radius 3 is 2.78 bits per heavy atom. The summed E-state index contributed by atoms with van der Waals surface area (Å²) >= 11 is 1.65. The second-order valence-electron chi connectivity index (χ2n) is 3.98. The van der Waals surface area contributed by atoms with Gasteiger partial charge in [-0.1, -0.05) is 0 Å². The topological polar surface area (TPSA) is 81.1 Å². The molecule has 1 heterocycles. The first-order valence-corrected chi connectivity index (χ1v) is 6.55. The second-order valence-corrected chi connectivity index (χ2v) is 4.76. The van der Waals surface area contributed by atoms with E-state index in [0.29, 0.717) is 23.5 Å². The van der Waals surface area contributed by atoms with Crippen molar-refractivity contribution in [3.63, 3.8) is 0 Å². The minimum atomic E-state index is -0.164. The van der Waals surface area contributed by atoms with E-state index in [1.807, 2.05) is 11.4 Å². The zero-order chi connectivity index (χ0) is 13.0. The average Bonchev–Trinajstić information content (AvgIpc) is 2.81. The number of amides is 1. The van der Waals surface area contributed by atoms with Crippen molar-refractivity contribution >= 4 is 28.6 Å². The highest BCUT2D eigenvalue weighted by molar-refractivity contribution is 7.07. The van der Waals surface area contributed by atoms with Crippen molar-refractivity contribution in [1.82, 2.24) is 5.32 Å². The maximum Gasteiger partial charge on any atom is 0.253 e. The van der Waals surface area contributed by atoms with E-state index in [4.69, 9.17) is 11.5 Å². The number of benzene rings is 1. The molecule has 0 saturated heterocycles. The van der Waals surface area contributed by atoms with Gasteiger partial charge in [0.15, 0.2) is 0 Å². The van der Waals surface area contributed by atoms with E-state index in [1.54, 1.807) is 29.5 Å². The van der Waals surface area contributed by atoms with Crippen molar-refractivity contribution < 1.29 is 4.79 Å².